The second kappa shape index (κ2) is 14.0. The van der Waals surface area contributed by atoms with Crippen molar-refractivity contribution in [3.63, 3.8) is 0 Å². The van der Waals surface area contributed by atoms with Crippen molar-refractivity contribution < 1.29 is 4.74 Å². The molecule has 0 unspecified atom stereocenters. The van der Waals surface area contributed by atoms with E-state index in [1.165, 1.54) is 132 Å². The van der Waals surface area contributed by atoms with Crippen molar-refractivity contribution in [3.05, 3.63) is 234 Å². The van der Waals surface area contributed by atoms with Gasteiger partial charge in [-0.15, -0.1) is 0 Å². The minimum Gasteiger partial charge on any atom is -0.458 e. The Morgan fingerprint density at radius 1 is 0.411 bits per heavy atom. The van der Waals surface area contributed by atoms with E-state index < -0.39 is 5.41 Å². The summed E-state index contributed by atoms with van der Waals surface area (Å²) in [5.74, 6) is 1.86. The number of hydrogen-bond acceptors (Lipinski definition) is 1. The molecule has 0 saturated heterocycles. The van der Waals surface area contributed by atoms with Crippen molar-refractivity contribution >= 4 is 66.7 Å². The SMILES string of the molecule is CC(C)(C)c1cc(-c2ccc(-n3c4ccccc4c4cc5c6c(c7ccccc7n6-c6cccc7c6B5c5cc6c(cc5O7)C5(c7ccccc7-c7ccccc75)c5ccccc5-6)c43)cc2)cc(C(C)(C)C)c1. The van der Waals surface area contributed by atoms with Gasteiger partial charge in [0.15, 0.2) is 0 Å². The summed E-state index contributed by atoms with van der Waals surface area (Å²) in [7, 11) is 0. The van der Waals surface area contributed by atoms with Crippen molar-refractivity contribution in [1.29, 1.82) is 0 Å². The molecule has 0 amide bonds. The number of para-hydroxylation sites is 2. The van der Waals surface area contributed by atoms with Crippen LogP contribution < -0.4 is 21.1 Å². The zero-order chi connectivity index (χ0) is 48.9. The average Bonchev–Trinajstić information content (AvgIpc) is 4.13. The lowest BCUT2D eigenvalue weighted by molar-refractivity contribution is 0.486. The summed E-state index contributed by atoms with van der Waals surface area (Å²) in [6.45, 7) is 13.8. The number of benzene rings is 10. The highest BCUT2D eigenvalue weighted by molar-refractivity contribution is 6.99. The van der Waals surface area contributed by atoms with E-state index in [4.69, 9.17) is 4.74 Å². The summed E-state index contributed by atoms with van der Waals surface area (Å²) in [4.78, 5) is 0. The second-order valence-electron chi connectivity index (χ2n) is 23.2. The van der Waals surface area contributed by atoms with E-state index in [9.17, 15) is 0 Å². The third-order valence-corrected chi connectivity index (χ3v) is 17.3. The van der Waals surface area contributed by atoms with Gasteiger partial charge in [0, 0.05) is 32.9 Å². The van der Waals surface area contributed by atoms with Gasteiger partial charge in [0.05, 0.1) is 27.5 Å². The minimum atomic E-state index is -0.462. The van der Waals surface area contributed by atoms with Gasteiger partial charge >= 0.3 is 0 Å². The van der Waals surface area contributed by atoms with Crippen LogP contribution in [0.1, 0.15) is 74.9 Å². The van der Waals surface area contributed by atoms with Gasteiger partial charge in [0.1, 0.15) is 11.5 Å². The van der Waals surface area contributed by atoms with Crippen LogP contribution in [0.5, 0.6) is 11.5 Å². The Kier molecular flexibility index (Phi) is 7.92. The van der Waals surface area contributed by atoms with E-state index in [-0.39, 0.29) is 17.5 Å². The lowest BCUT2D eigenvalue weighted by atomic mass is 9.34. The molecule has 3 nitrogen and oxygen atoms in total. The normalized spacial score (nSPS) is 14.4. The lowest BCUT2D eigenvalue weighted by Gasteiger charge is -2.35. The Hall–Kier alpha value is -8.34. The van der Waals surface area contributed by atoms with Gasteiger partial charge in [-0.05, 0) is 136 Å². The molecule has 0 N–H and O–H groups in total. The van der Waals surface area contributed by atoms with Crippen LogP contribution in [-0.4, -0.2) is 15.8 Å². The molecule has 12 aromatic rings. The number of fused-ring (bicyclic) bond motifs is 21. The summed E-state index contributed by atoms with van der Waals surface area (Å²) in [6.07, 6.45) is 0. The van der Waals surface area contributed by atoms with Crippen LogP contribution in [0.25, 0.3) is 88.4 Å². The van der Waals surface area contributed by atoms with Gasteiger partial charge in [-0.3, -0.25) is 0 Å². The molecular formula is C69H51BN2O. The molecule has 0 fully saturated rings. The van der Waals surface area contributed by atoms with E-state index >= 15 is 0 Å². The van der Waals surface area contributed by atoms with Crippen molar-refractivity contribution in [2.45, 2.75) is 57.8 Å². The molecule has 10 aromatic carbocycles. The third-order valence-electron chi connectivity index (χ3n) is 17.3. The Morgan fingerprint density at radius 2 is 0.986 bits per heavy atom. The van der Waals surface area contributed by atoms with Crippen LogP contribution in [0.3, 0.4) is 0 Å². The maximum atomic E-state index is 7.32. The van der Waals surface area contributed by atoms with Crippen LogP contribution in [0.15, 0.2) is 200 Å². The number of rotatable bonds is 2. The smallest absolute Gasteiger partial charge is 0.256 e. The maximum absolute atomic E-state index is 7.32. The Balaban J connectivity index is 0.960. The molecule has 4 heteroatoms. The molecular weight excluding hydrogens is 884 g/mol. The first-order chi connectivity index (χ1) is 35.5. The molecule has 73 heavy (non-hydrogen) atoms. The number of aromatic nitrogens is 2. The van der Waals surface area contributed by atoms with Gasteiger partial charge in [-0.2, -0.15) is 0 Å². The van der Waals surface area contributed by atoms with Gasteiger partial charge in [-0.1, -0.05) is 199 Å². The van der Waals surface area contributed by atoms with E-state index in [1.54, 1.807) is 0 Å². The largest absolute Gasteiger partial charge is 0.458 e. The van der Waals surface area contributed by atoms with E-state index in [1.807, 2.05) is 0 Å². The summed E-state index contributed by atoms with van der Waals surface area (Å²) in [5, 5.41) is 5.04. The summed E-state index contributed by atoms with van der Waals surface area (Å²) in [5.41, 5.74) is 26.3. The zero-order valence-corrected chi connectivity index (χ0v) is 41.9. The van der Waals surface area contributed by atoms with Gasteiger partial charge in [0.25, 0.3) is 6.71 Å². The molecule has 2 aliphatic heterocycles. The molecule has 0 bridgehead atoms. The molecule has 2 aliphatic carbocycles. The van der Waals surface area contributed by atoms with Crippen LogP contribution in [0.4, 0.5) is 0 Å². The van der Waals surface area contributed by atoms with Gasteiger partial charge in [-0.25, -0.2) is 0 Å². The van der Waals surface area contributed by atoms with Gasteiger partial charge in [0.2, 0.25) is 0 Å². The first-order valence-electron chi connectivity index (χ1n) is 26.0. The van der Waals surface area contributed by atoms with Crippen molar-refractivity contribution in [3.8, 4) is 56.3 Å². The number of nitrogens with zero attached hydrogens (tertiary/aromatic N) is 2. The summed E-state index contributed by atoms with van der Waals surface area (Å²) >= 11 is 0. The summed E-state index contributed by atoms with van der Waals surface area (Å²) < 4.78 is 12.4. The topological polar surface area (TPSA) is 19.1 Å². The molecule has 346 valence electrons. The van der Waals surface area contributed by atoms with Crippen molar-refractivity contribution in [2.75, 3.05) is 0 Å². The van der Waals surface area contributed by atoms with Crippen molar-refractivity contribution in [2.24, 2.45) is 0 Å². The fourth-order valence-electron chi connectivity index (χ4n) is 14.0. The Bertz CT molecular complexity index is 4360. The standard InChI is InChI=1S/C69H51BN2O/c1-67(2,3)42-34-41(35-43(36-42)68(4,5)6)40-30-32-44(33-31-40)71-58-26-15-10-21-48(58)51-38-57-66-63(65(51)71)49-22-11-16-27-59(49)72(66)60-28-17-29-61-64(60)70(57)56-37-50-47-20-9-14-25-54(47)69(55(50)39-62(56)73-61)52-23-12-7-18-45(52)46-19-8-13-24-53(46)69/h7-39H,1-6H3. The van der Waals surface area contributed by atoms with Crippen LogP contribution >= 0.6 is 0 Å². The Morgan fingerprint density at radius 3 is 1.63 bits per heavy atom. The molecule has 4 aliphatic rings. The highest BCUT2D eigenvalue weighted by Crippen LogP contribution is 2.63. The molecule has 2 aromatic heterocycles. The quantitative estimate of drug-likeness (QED) is 0.158. The molecule has 4 heterocycles. The van der Waals surface area contributed by atoms with E-state index in [0.29, 0.717) is 0 Å². The van der Waals surface area contributed by atoms with E-state index in [2.05, 4.69) is 251 Å². The predicted molar refractivity (Wildman–Crippen MR) is 305 cm³/mol. The minimum absolute atomic E-state index is 0.0311. The second-order valence-corrected chi connectivity index (χ2v) is 23.2. The number of hydrogen-bond donors (Lipinski definition) is 0. The first-order valence-corrected chi connectivity index (χ1v) is 26.0. The van der Waals surface area contributed by atoms with Crippen molar-refractivity contribution in [1.82, 2.24) is 9.13 Å². The molecule has 0 radical (unpaired) electrons. The van der Waals surface area contributed by atoms with Crippen LogP contribution in [-0.2, 0) is 16.2 Å². The maximum Gasteiger partial charge on any atom is 0.256 e. The van der Waals surface area contributed by atoms with Crippen LogP contribution in [0, 0.1) is 0 Å². The van der Waals surface area contributed by atoms with E-state index in [0.717, 1.165) is 17.2 Å². The molecule has 0 atom stereocenters. The Labute approximate surface area is 426 Å². The highest BCUT2D eigenvalue weighted by Gasteiger charge is 2.53. The van der Waals surface area contributed by atoms with Crippen LogP contribution in [0.2, 0.25) is 0 Å². The molecule has 16 rings (SSSR count). The fourth-order valence-corrected chi connectivity index (χ4v) is 14.0. The van der Waals surface area contributed by atoms with Gasteiger partial charge < -0.3 is 13.9 Å². The predicted octanol–water partition coefficient (Wildman–Crippen LogP) is 15.4. The molecule has 0 saturated carbocycles. The summed E-state index contributed by atoms with van der Waals surface area (Å²) in [6, 6.07) is 76.1. The first kappa shape index (κ1) is 41.3. The third kappa shape index (κ3) is 5.25. The fraction of sp³-hybridized carbons (Fsp3) is 0.130. The number of ether oxygens (including phenoxy) is 1. The molecule has 1 spiro atoms. The average molecular weight is 935 g/mol. The monoisotopic (exact) mass is 934 g/mol. The lowest BCUT2D eigenvalue weighted by Crippen LogP contribution is -2.58. The zero-order valence-electron chi connectivity index (χ0n) is 41.9. The highest BCUT2D eigenvalue weighted by atomic mass is 16.5.